The molecule has 0 aromatic carbocycles. The van der Waals surface area contributed by atoms with Crippen molar-refractivity contribution in [2.24, 2.45) is 40.9 Å². The first kappa shape index (κ1) is 27.1. The van der Waals surface area contributed by atoms with Gasteiger partial charge < -0.3 is 40.5 Å². The Bertz CT molecular complexity index is 971. The minimum absolute atomic E-state index is 0. The quantitative estimate of drug-likeness (QED) is 0.215. The summed E-state index contributed by atoms with van der Waals surface area (Å²) in [6, 6.07) is -0.130. The van der Waals surface area contributed by atoms with Crippen molar-refractivity contribution in [2.75, 3.05) is 13.1 Å². The lowest BCUT2D eigenvalue weighted by atomic mass is 9.49. The highest BCUT2D eigenvalue weighted by Gasteiger charge is 2.86. The highest BCUT2D eigenvalue weighted by molar-refractivity contribution is 5.85. The Kier molecular flexibility index (Phi) is 5.72. The second kappa shape index (κ2) is 7.81. The van der Waals surface area contributed by atoms with Gasteiger partial charge in [-0.15, -0.1) is 12.4 Å². The van der Waals surface area contributed by atoms with Crippen LogP contribution in [0.25, 0.3) is 0 Å². The van der Waals surface area contributed by atoms with Crippen LogP contribution in [0, 0.1) is 40.9 Å². The molecule has 4 unspecified atom stereocenters. The van der Waals surface area contributed by atoms with E-state index in [0.717, 1.165) is 19.4 Å². The number of hydrogen-bond donors (Lipinski definition) is 7. The summed E-state index contributed by atoms with van der Waals surface area (Å²) in [6.45, 7) is 7.40. The smallest absolute Gasteiger partial charge is 0.196 e. The van der Waals surface area contributed by atoms with Crippen molar-refractivity contribution in [1.29, 1.82) is 0 Å². The number of aliphatic hydroxyl groups is 7. The van der Waals surface area contributed by atoms with Gasteiger partial charge in [-0.2, -0.15) is 0 Å². The first-order valence-corrected chi connectivity index (χ1v) is 14.1. The molecule has 3 heterocycles. The Balaban J connectivity index is 0.00000252. The Morgan fingerprint density at radius 1 is 0.946 bits per heavy atom. The van der Waals surface area contributed by atoms with Crippen molar-refractivity contribution in [3.63, 3.8) is 0 Å². The molecule has 4 aliphatic carbocycles. The lowest BCUT2D eigenvalue weighted by Crippen LogP contribution is -2.76. The maximum atomic E-state index is 12.5. The molecule has 4 saturated carbocycles. The molecule has 0 radical (unpaired) electrons. The van der Waals surface area contributed by atoms with E-state index in [1.54, 1.807) is 6.92 Å². The molecule has 37 heavy (non-hydrogen) atoms. The van der Waals surface area contributed by atoms with Gasteiger partial charge in [0, 0.05) is 42.3 Å². The second-order valence-electron chi connectivity index (χ2n) is 14.2. The zero-order valence-corrected chi connectivity index (χ0v) is 22.7. The molecule has 16 atom stereocenters. The van der Waals surface area contributed by atoms with E-state index in [4.69, 9.17) is 4.74 Å². The highest BCUT2D eigenvalue weighted by Crippen LogP contribution is 2.76. The summed E-state index contributed by atoms with van der Waals surface area (Å²) >= 11 is 0. The summed E-state index contributed by atoms with van der Waals surface area (Å²) in [5.74, 6) is -4.29. The van der Waals surface area contributed by atoms with Crippen LogP contribution in [0.1, 0.15) is 59.3 Å². The van der Waals surface area contributed by atoms with E-state index in [-0.39, 0.29) is 30.8 Å². The summed E-state index contributed by atoms with van der Waals surface area (Å²) in [7, 11) is 0. The minimum Gasteiger partial charge on any atom is -0.393 e. The molecule has 3 aliphatic heterocycles. The maximum Gasteiger partial charge on any atom is 0.196 e. The van der Waals surface area contributed by atoms with Gasteiger partial charge in [-0.1, -0.05) is 13.8 Å². The van der Waals surface area contributed by atoms with Crippen LogP contribution >= 0.6 is 12.4 Å². The number of piperidine rings is 2. The fraction of sp³-hybridized carbons (Fsp3) is 1.00. The van der Waals surface area contributed by atoms with Gasteiger partial charge in [0.05, 0.1) is 23.4 Å². The van der Waals surface area contributed by atoms with Crippen LogP contribution in [-0.2, 0) is 4.74 Å². The number of aliphatic hydroxyl groups excluding tert-OH is 4. The van der Waals surface area contributed by atoms with Crippen LogP contribution < -0.4 is 0 Å². The molecular weight excluding hydrogens is 502 g/mol. The monoisotopic (exact) mass is 545 g/mol. The molecule has 7 rings (SSSR count). The van der Waals surface area contributed by atoms with Crippen LogP contribution in [0.3, 0.4) is 0 Å². The number of ether oxygens (including phenoxy) is 1. The van der Waals surface area contributed by atoms with Gasteiger partial charge in [0.2, 0.25) is 0 Å². The predicted octanol–water partition coefficient (Wildman–Crippen LogP) is -0.392. The van der Waals surface area contributed by atoms with Crippen LogP contribution in [-0.4, -0.2) is 107 Å². The van der Waals surface area contributed by atoms with E-state index in [9.17, 15) is 35.7 Å². The Morgan fingerprint density at radius 2 is 1.65 bits per heavy atom. The van der Waals surface area contributed by atoms with Crippen molar-refractivity contribution in [3.8, 4) is 0 Å². The van der Waals surface area contributed by atoms with Crippen LogP contribution in [0.4, 0.5) is 0 Å². The van der Waals surface area contributed by atoms with E-state index in [1.807, 2.05) is 6.92 Å². The number of halogens is 1. The van der Waals surface area contributed by atoms with Crippen molar-refractivity contribution in [3.05, 3.63) is 0 Å². The van der Waals surface area contributed by atoms with Gasteiger partial charge >= 0.3 is 0 Å². The van der Waals surface area contributed by atoms with E-state index >= 15 is 0 Å². The van der Waals surface area contributed by atoms with Gasteiger partial charge in [-0.05, 0) is 63.2 Å². The Hall–Kier alpha value is -0.0700. The topological polar surface area (TPSA) is 154 Å². The van der Waals surface area contributed by atoms with E-state index in [2.05, 4.69) is 11.8 Å². The number of fused-ring (bicyclic) bond motifs is 5. The molecule has 10 heteroatoms. The van der Waals surface area contributed by atoms with E-state index in [0.29, 0.717) is 31.7 Å². The van der Waals surface area contributed by atoms with Crippen LogP contribution in [0.15, 0.2) is 0 Å². The van der Waals surface area contributed by atoms with Gasteiger partial charge in [-0.3, -0.25) is 4.90 Å². The molecule has 0 aromatic rings. The third-order valence-corrected chi connectivity index (χ3v) is 12.8. The summed E-state index contributed by atoms with van der Waals surface area (Å²) in [4.78, 5) is 2.30. The second-order valence-corrected chi connectivity index (χ2v) is 14.2. The number of rotatable bonds is 0. The molecule has 9 nitrogen and oxygen atoms in total. The zero-order valence-electron chi connectivity index (χ0n) is 21.9. The fourth-order valence-electron chi connectivity index (χ4n) is 11.4. The van der Waals surface area contributed by atoms with Crippen molar-refractivity contribution >= 4 is 12.4 Å². The first-order chi connectivity index (χ1) is 16.7. The predicted molar refractivity (Wildman–Crippen MR) is 133 cm³/mol. The van der Waals surface area contributed by atoms with Gasteiger partial charge in [0.25, 0.3) is 0 Å². The highest BCUT2D eigenvalue weighted by atomic mass is 35.5. The normalized spacial score (nSPS) is 66.2. The van der Waals surface area contributed by atoms with Crippen molar-refractivity contribution in [2.45, 2.75) is 112 Å². The Labute approximate surface area is 224 Å². The van der Waals surface area contributed by atoms with Crippen LogP contribution in [0.2, 0.25) is 0 Å². The summed E-state index contributed by atoms with van der Waals surface area (Å²) < 4.78 is 6.51. The molecule has 212 valence electrons. The van der Waals surface area contributed by atoms with E-state index < -0.39 is 76.1 Å². The molecule has 4 bridgehead atoms. The lowest BCUT2D eigenvalue weighted by molar-refractivity contribution is -0.295. The summed E-state index contributed by atoms with van der Waals surface area (Å²) in [5.41, 5.74) is -4.88. The molecule has 7 aliphatic rings. The maximum absolute atomic E-state index is 12.5. The van der Waals surface area contributed by atoms with Gasteiger partial charge in [-0.25, -0.2) is 0 Å². The minimum atomic E-state index is -1.85. The molecule has 7 N–H and O–H groups in total. The molecule has 0 aromatic heterocycles. The summed E-state index contributed by atoms with van der Waals surface area (Å²) in [6.07, 6.45) is -1.92. The van der Waals surface area contributed by atoms with Gasteiger partial charge in [0.15, 0.2) is 5.79 Å². The number of hydrogen-bond acceptors (Lipinski definition) is 9. The Morgan fingerprint density at radius 3 is 2.35 bits per heavy atom. The van der Waals surface area contributed by atoms with E-state index in [1.165, 1.54) is 0 Å². The average Bonchev–Trinajstić information content (AvgIpc) is 3.08. The molecule has 1 spiro atoms. The first-order valence-electron chi connectivity index (χ1n) is 14.1. The van der Waals surface area contributed by atoms with Crippen molar-refractivity contribution < 1.29 is 40.5 Å². The van der Waals surface area contributed by atoms with Crippen LogP contribution in [0.5, 0.6) is 0 Å². The standard InChI is InChI=1S/C27H43NO8.ClH/c1-12-4-5-17-24(3,33)19-13(11-28(17)10-12)14-9-25-21(26(14,34)22(32)20(19)31)15(29)8-16-23(25,2)7-6-18(30)27(16,35)36-25;/h12-22,29-35H,4-11H2,1-3H3;1H/t12-,13?,14-,15+,16-,17?,18-,19?,20+,21+,22-,23-,24?,25+,26-,27-;/m0./s1. The third kappa shape index (κ3) is 2.83. The third-order valence-electron chi connectivity index (χ3n) is 12.8. The van der Waals surface area contributed by atoms with Crippen molar-refractivity contribution in [1.82, 2.24) is 4.90 Å². The molecule has 3 saturated heterocycles. The molecule has 0 amide bonds. The van der Waals surface area contributed by atoms with Gasteiger partial charge in [0.1, 0.15) is 17.8 Å². The lowest BCUT2D eigenvalue weighted by Gasteiger charge is -2.63. The zero-order chi connectivity index (χ0) is 25.8. The molecule has 7 fully saturated rings. The largest absolute Gasteiger partial charge is 0.393 e. The SMILES string of the molecule is C[C@H]1CCC2N(CC3C([C@@H](O)[C@H](O)[C@]4(O)[C@H]3C[C@@]35O[C@@]6(O)[C@@H](C[C@@H](O)[C@@H]43)[C@]5(C)CC[C@@H]6O)C2(C)O)C1.Cl. The summed E-state index contributed by atoms with van der Waals surface area (Å²) in [5, 5.41) is 81.4. The fourth-order valence-corrected chi connectivity index (χ4v) is 11.4. The average molecular weight is 546 g/mol. The number of nitrogens with zero attached hydrogens (tertiary/aromatic N) is 1. The molecular formula is C27H44ClNO8.